The molecule has 0 fully saturated rings. The van der Waals surface area contributed by atoms with Crippen molar-refractivity contribution in [3.63, 3.8) is 0 Å². The highest BCUT2D eigenvalue weighted by atomic mass is 35.5. The Labute approximate surface area is 134 Å². The molecule has 0 atom stereocenters. The van der Waals surface area contributed by atoms with Crippen molar-refractivity contribution in [2.45, 2.75) is 13.0 Å². The summed E-state index contributed by atoms with van der Waals surface area (Å²) in [6.07, 6.45) is 4.41. The molecular weight excluding hydrogens is 328 g/mol. The zero-order valence-electron chi connectivity index (χ0n) is 10.0. The number of rotatable bonds is 5. The van der Waals surface area contributed by atoms with Crippen LogP contribution in [0.3, 0.4) is 0 Å². The van der Waals surface area contributed by atoms with E-state index in [1.807, 2.05) is 24.4 Å². The molecule has 0 aliphatic heterocycles. The SMILES string of the molecule is Cl.Cl.Clc1cccc(Cl)c1CNCCc1cnc[nH]1. The number of nitrogens with one attached hydrogen (secondary N) is 2. The molecule has 106 valence electrons. The number of hydrogen-bond acceptors (Lipinski definition) is 2. The zero-order valence-corrected chi connectivity index (χ0v) is 13.2. The van der Waals surface area contributed by atoms with E-state index in [9.17, 15) is 0 Å². The average Bonchev–Trinajstić information content (AvgIpc) is 2.80. The van der Waals surface area contributed by atoms with E-state index in [-0.39, 0.29) is 24.8 Å². The van der Waals surface area contributed by atoms with Gasteiger partial charge in [-0.3, -0.25) is 0 Å². The number of halogens is 4. The molecule has 1 heterocycles. The molecule has 0 aliphatic carbocycles. The van der Waals surface area contributed by atoms with E-state index in [4.69, 9.17) is 23.2 Å². The number of H-pyrrole nitrogens is 1. The minimum atomic E-state index is 0. The van der Waals surface area contributed by atoms with Crippen molar-refractivity contribution in [1.29, 1.82) is 0 Å². The number of imidazole rings is 1. The quantitative estimate of drug-likeness (QED) is 0.809. The third-order valence-corrected chi connectivity index (χ3v) is 3.20. The highest BCUT2D eigenvalue weighted by molar-refractivity contribution is 6.35. The summed E-state index contributed by atoms with van der Waals surface area (Å²) < 4.78 is 0. The number of benzene rings is 1. The summed E-state index contributed by atoms with van der Waals surface area (Å²) in [6, 6.07) is 5.54. The van der Waals surface area contributed by atoms with E-state index in [0.717, 1.165) is 24.2 Å². The van der Waals surface area contributed by atoms with E-state index in [1.54, 1.807) is 6.33 Å². The Bertz CT molecular complexity index is 454. The molecule has 19 heavy (non-hydrogen) atoms. The molecule has 0 saturated carbocycles. The van der Waals surface area contributed by atoms with E-state index in [2.05, 4.69) is 15.3 Å². The molecule has 2 N–H and O–H groups in total. The summed E-state index contributed by atoms with van der Waals surface area (Å²) in [6.45, 7) is 1.52. The monoisotopic (exact) mass is 341 g/mol. The van der Waals surface area contributed by atoms with Gasteiger partial charge in [0.1, 0.15) is 0 Å². The maximum atomic E-state index is 6.07. The van der Waals surface area contributed by atoms with Crippen LogP contribution in [-0.4, -0.2) is 16.5 Å². The van der Waals surface area contributed by atoms with Crippen molar-refractivity contribution in [3.8, 4) is 0 Å². The van der Waals surface area contributed by atoms with Crippen LogP contribution in [-0.2, 0) is 13.0 Å². The largest absolute Gasteiger partial charge is 0.348 e. The summed E-state index contributed by atoms with van der Waals surface area (Å²) in [5.74, 6) is 0. The Hall–Kier alpha value is -0.450. The highest BCUT2D eigenvalue weighted by Gasteiger charge is 2.04. The molecule has 0 amide bonds. The lowest BCUT2D eigenvalue weighted by Crippen LogP contribution is -2.17. The summed E-state index contributed by atoms with van der Waals surface area (Å²) in [5, 5.41) is 4.71. The summed E-state index contributed by atoms with van der Waals surface area (Å²) in [4.78, 5) is 7.02. The summed E-state index contributed by atoms with van der Waals surface area (Å²) in [5.41, 5.74) is 2.06. The number of aromatic amines is 1. The van der Waals surface area contributed by atoms with Gasteiger partial charge in [0.2, 0.25) is 0 Å². The Balaban J connectivity index is 0.00000162. The predicted molar refractivity (Wildman–Crippen MR) is 85.0 cm³/mol. The second-order valence-electron chi connectivity index (χ2n) is 3.70. The van der Waals surface area contributed by atoms with Gasteiger partial charge in [0.25, 0.3) is 0 Å². The second kappa shape index (κ2) is 9.45. The van der Waals surface area contributed by atoms with Gasteiger partial charge in [0, 0.05) is 47.0 Å². The zero-order chi connectivity index (χ0) is 12.1. The van der Waals surface area contributed by atoms with Crippen molar-refractivity contribution >= 4 is 48.0 Å². The molecule has 2 aromatic rings. The van der Waals surface area contributed by atoms with E-state index >= 15 is 0 Å². The van der Waals surface area contributed by atoms with Crippen LogP contribution in [0.15, 0.2) is 30.7 Å². The first-order valence-electron chi connectivity index (χ1n) is 5.38. The first-order chi connectivity index (χ1) is 8.27. The molecule has 3 nitrogen and oxygen atoms in total. The first kappa shape index (κ1) is 18.6. The van der Waals surface area contributed by atoms with Crippen molar-refractivity contribution in [1.82, 2.24) is 15.3 Å². The lowest BCUT2D eigenvalue weighted by Gasteiger charge is -2.08. The smallest absolute Gasteiger partial charge is 0.0921 e. The molecule has 7 heteroatoms. The summed E-state index contributed by atoms with van der Waals surface area (Å²) >= 11 is 12.1. The third-order valence-electron chi connectivity index (χ3n) is 2.49. The van der Waals surface area contributed by atoms with Crippen LogP contribution in [0.25, 0.3) is 0 Å². The van der Waals surface area contributed by atoms with Gasteiger partial charge in [-0.05, 0) is 12.1 Å². The molecule has 1 aromatic heterocycles. The number of hydrogen-bond donors (Lipinski definition) is 2. The van der Waals surface area contributed by atoms with Crippen LogP contribution in [0.2, 0.25) is 10.0 Å². The molecule has 0 spiro atoms. The number of aromatic nitrogens is 2. The maximum absolute atomic E-state index is 6.07. The molecule has 0 aliphatic rings. The van der Waals surface area contributed by atoms with Gasteiger partial charge >= 0.3 is 0 Å². The Morgan fingerprint density at radius 2 is 1.84 bits per heavy atom. The fourth-order valence-electron chi connectivity index (χ4n) is 1.56. The maximum Gasteiger partial charge on any atom is 0.0921 e. The van der Waals surface area contributed by atoms with Gasteiger partial charge < -0.3 is 10.3 Å². The molecule has 0 saturated heterocycles. The summed E-state index contributed by atoms with van der Waals surface area (Å²) in [7, 11) is 0. The van der Waals surface area contributed by atoms with Gasteiger partial charge in [0.05, 0.1) is 6.33 Å². The van der Waals surface area contributed by atoms with E-state index in [1.165, 1.54) is 0 Å². The first-order valence-corrected chi connectivity index (χ1v) is 6.14. The van der Waals surface area contributed by atoms with Crippen molar-refractivity contribution in [3.05, 3.63) is 52.0 Å². The minimum Gasteiger partial charge on any atom is -0.348 e. The molecule has 0 bridgehead atoms. The van der Waals surface area contributed by atoms with Gasteiger partial charge in [0.15, 0.2) is 0 Å². The van der Waals surface area contributed by atoms with Crippen LogP contribution in [0.4, 0.5) is 0 Å². The minimum absolute atomic E-state index is 0. The Morgan fingerprint density at radius 1 is 1.16 bits per heavy atom. The fraction of sp³-hybridized carbons (Fsp3) is 0.250. The van der Waals surface area contributed by atoms with Crippen molar-refractivity contribution < 1.29 is 0 Å². The van der Waals surface area contributed by atoms with Crippen LogP contribution in [0.5, 0.6) is 0 Å². The Kier molecular flexibility index (Phi) is 9.23. The topological polar surface area (TPSA) is 40.7 Å². The second-order valence-corrected chi connectivity index (χ2v) is 4.52. The van der Waals surface area contributed by atoms with E-state index in [0.29, 0.717) is 16.6 Å². The van der Waals surface area contributed by atoms with Crippen LogP contribution >= 0.6 is 48.0 Å². The van der Waals surface area contributed by atoms with Crippen LogP contribution < -0.4 is 5.32 Å². The van der Waals surface area contributed by atoms with E-state index < -0.39 is 0 Å². The predicted octanol–water partition coefficient (Wildman–Crippen LogP) is 3.89. The standard InChI is InChI=1S/C12H13Cl2N3.2ClH/c13-11-2-1-3-12(14)10(11)7-15-5-4-9-6-16-8-17-9;;/h1-3,6,8,15H,4-5,7H2,(H,16,17);2*1H. The number of nitrogens with zero attached hydrogens (tertiary/aromatic N) is 1. The lowest BCUT2D eigenvalue weighted by atomic mass is 10.2. The molecule has 1 aromatic carbocycles. The van der Waals surface area contributed by atoms with Crippen molar-refractivity contribution in [2.24, 2.45) is 0 Å². The van der Waals surface area contributed by atoms with Gasteiger partial charge in [-0.15, -0.1) is 24.8 Å². The highest BCUT2D eigenvalue weighted by Crippen LogP contribution is 2.23. The normalized spacial score (nSPS) is 9.58. The van der Waals surface area contributed by atoms with Gasteiger partial charge in [-0.25, -0.2) is 4.98 Å². The molecule has 0 unspecified atom stereocenters. The fourth-order valence-corrected chi connectivity index (χ4v) is 2.09. The van der Waals surface area contributed by atoms with Crippen LogP contribution in [0, 0.1) is 0 Å². The Morgan fingerprint density at radius 3 is 2.42 bits per heavy atom. The molecule has 0 radical (unpaired) electrons. The lowest BCUT2D eigenvalue weighted by molar-refractivity contribution is 0.681. The van der Waals surface area contributed by atoms with Crippen LogP contribution in [0.1, 0.15) is 11.3 Å². The molecule has 2 rings (SSSR count). The third kappa shape index (κ3) is 5.59. The van der Waals surface area contributed by atoms with Gasteiger partial charge in [-0.2, -0.15) is 0 Å². The average molecular weight is 343 g/mol. The van der Waals surface area contributed by atoms with Gasteiger partial charge in [-0.1, -0.05) is 29.3 Å². The molecular formula is C12H15Cl4N3. The van der Waals surface area contributed by atoms with Crippen molar-refractivity contribution in [2.75, 3.05) is 6.54 Å².